The number of aliphatic hydroxyl groups excluding tert-OH is 1. The summed E-state index contributed by atoms with van der Waals surface area (Å²) in [5.74, 6) is -0.412. The van der Waals surface area contributed by atoms with Gasteiger partial charge in [0.1, 0.15) is 12.1 Å². The minimum atomic E-state index is -0.666. The van der Waals surface area contributed by atoms with E-state index >= 15 is 0 Å². The summed E-state index contributed by atoms with van der Waals surface area (Å²) < 4.78 is 18.1. The van der Waals surface area contributed by atoms with E-state index in [4.69, 9.17) is 14.2 Å². The molecule has 0 aliphatic carbocycles. The Morgan fingerprint density at radius 3 is 2.35 bits per heavy atom. The minimum Gasteiger partial charge on any atom is -0.465 e. The molecule has 0 bridgehead atoms. The van der Waals surface area contributed by atoms with Crippen molar-refractivity contribution in [2.75, 3.05) is 49.7 Å². The van der Waals surface area contributed by atoms with Gasteiger partial charge in [-0.25, -0.2) is 4.79 Å². The first kappa shape index (κ1) is 34.4. The number of amides is 3. The van der Waals surface area contributed by atoms with Gasteiger partial charge >= 0.3 is 12.0 Å². The van der Waals surface area contributed by atoms with Crippen LogP contribution in [0.3, 0.4) is 0 Å². The molecule has 3 aliphatic rings. The molecule has 3 amide bonds. The van der Waals surface area contributed by atoms with Crippen molar-refractivity contribution in [2.45, 2.75) is 57.3 Å². The third-order valence-electron chi connectivity index (χ3n) is 9.79. The molecule has 260 valence electrons. The Morgan fingerprint density at radius 1 is 0.980 bits per heavy atom. The Kier molecular flexibility index (Phi) is 10.8. The molecule has 1 spiro atoms. The van der Waals surface area contributed by atoms with Gasteiger partial charge in [0.25, 0.3) is 0 Å². The van der Waals surface area contributed by atoms with E-state index in [0.29, 0.717) is 31.7 Å². The maximum atomic E-state index is 13.2. The molecule has 3 aromatic carbocycles. The molecule has 3 fully saturated rings. The van der Waals surface area contributed by atoms with E-state index in [1.165, 1.54) is 0 Å². The van der Waals surface area contributed by atoms with Crippen LogP contribution >= 0.6 is 0 Å². The van der Waals surface area contributed by atoms with Gasteiger partial charge in [-0.15, -0.1) is 0 Å². The molecule has 0 saturated carbocycles. The number of hydrogen-bond donors (Lipinski definition) is 4. The molecule has 49 heavy (non-hydrogen) atoms. The Balaban J connectivity index is 1.15. The number of rotatable bonds is 10. The zero-order chi connectivity index (χ0) is 34.4. The predicted octanol–water partition coefficient (Wildman–Crippen LogP) is 4.08. The van der Waals surface area contributed by atoms with Gasteiger partial charge in [-0.1, -0.05) is 61.5 Å². The van der Waals surface area contributed by atoms with E-state index in [1.807, 2.05) is 54.6 Å². The van der Waals surface area contributed by atoms with Crippen LogP contribution in [-0.4, -0.2) is 79.0 Å². The summed E-state index contributed by atoms with van der Waals surface area (Å²) in [6.07, 6.45) is 0.309. The molecule has 3 heterocycles. The molecule has 0 aromatic heterocycles. The molecule has 3 aromatic rings. The highest BCUT2D eigenvalue weighted by molar-refractivity contribution is 5.93. The first-order valence-electron chi connectivity index (χ1n) is 16.9. The number of likely N-dealkylation sites (tertiary alicyclic amines) is 1. The van der Waals surface area contributed by atoms with Crippen molar-refractivity contribution in [2.24, 2.45) is 5.92 Å². The van der Waals surface area contributed by atoms with Gasteiger partial charge in [0.2, 0.25) is 5.91 Å². The van der Waals surface area contributed by atoms with E-state index in [-0.39, 0.29) is 43.8 Å². The van der Waals surface area contributed by atoms with E-state index in [0.717, 1.165) is 35.5 Å². The van der Waals surface area contributed by atoms with Crippen LogP contribution in [0.4, 0.5) is 16.2 Å². The number of ether oxygens (including phenoxy) is 3. The number of nitrogens with one attached hydrogen (secondary N) is 3. The molecule has 12 nitrogen and oxygen atoms in total. The molecule has 0 radical (unpaired) electrons. The maximum Gasteiger partial charge on any atom is 0.325 e. The molecule has 6 rings (SSSR count). The summed E-state index contributed by atoms with van der Waals surface area (Å²) in [6.45, 7) is 6.52. The fourth-order valence-electron chi connectivity index (χ4n) is 6.98. The fraction of sp³-hybridized carbons (Fsp3) is 0.432. The molecule has 3 aliphatic heterocycles. The van der Waals surface area contributed by atoms with Crippen LogP contribution in [0, 0.1) is 5.92 Å². The largest absolute Gasteiger partial charge is 0.465 e. The first-order chi connectivity index (χ1) is 23.8. The van der Waals surface area contributed by atoms with Crippen molar-refractivity contribution in [3.05, 3.63) is 95.6 Å². The van der Waals surface area contributed by atoms with Gasteiger partial charge < -0.3 is 45.1 Å². The summed E-state index contributed by atoms with van der Waals surface area (Å²) in [5.41, 5.74) is 3.65. The average Bonchev–Trinajstić information content (AvgIpc) is 3.44. The number of esters is 1. The second kappa shape index (κ2) is 15.4. The molecular formula is C37H45N5O7. The lowest BCUT2D eigenvalue weighted by Gasteiger charge is -2.46. The van der Waals surface area contributed by atoms with Crippen molar-refractivity contribution < 1.29 is 33.7 Å². The van der Waals surface area contributed by atoms with E-state index in [2.05, 4.69) is 44.8 Å². The predicted molar refractivity (Wildman–Crippen MR) is 183 cm³/mol. The van der Waals surface area contributed by atoms with Crippen LogP contribution < -0.4 is 20.9 Å². The smallest absolute Gasteiger partial charge is 0.325 e. The number of para-hydroxylation sites is 1. The van der Waals surface area contributed by atoms with Crippen molar-refractivity contribution in [1.82, 2.24) is 15.5 Å². The van der Waals surface area contributed by atoms with Crippen molar-refractivity contribution in [3.8, 4) is 0 Å². The zero-order valence-electron chi connectivity index (χ0n) is 28.0. The summed E-state index contributed by atoms with van der Waals surface area (Å²) in [6, 6.07) is 24.6. The number of benzene rings is 3. The Hall–Kier alpha value is -4.49. The fourth-order valence-corrected chi connectivity index (χ4v) is 6.98. The number of piperidine rings is 1. The van der Waals surface area contributed by atoms with Crippen LogP contribution in [0.5, 0.6) is 0 Å². The summed E-state index contributed by atoms with van der Waals surface area (Å²) in [5, 5.41) is 17.9. The van der Waals surface area contributed by atoms with Gasteiger partial charge in [0.05, 0.1) is 32.1 Å². The zero-order valence-corrected chi connectivity index (χ0v) is 28.0. The number of aliphatic hydroxyl groups is 1. The number of anilines is 2. The third kappa shape index (κ3) is 7.73. The second-order valence-electron chi connectivity index (χ2n) is 12.8. The van der Waals surface area contributed by atoms with E-state index in [1.54, 1.807) is 19.1 Å². The Morgan fingerprint density at radius 2 is 1.67 bits per heavy atom. The lowest BCUT2D eigenvalue weighted by molar-refractivity contribution is -0.276. The normalized spacial score (nSPS) is 23.6. The highest BCUT2D eigenvalue weighted by Crippen LogP contribution is 2.43. The van der Waals surface area contributed by atoms with Crippen molar-refractivity contribution in [1.29, 1.82) is 0 Å². The monoisotopic (exact) mass is 671 g/mol. The van der Waals surface area contributed by atoms with Gasteiger partial charge in [0.15, 0.2) is 6.29 Å². The quantitative estimate of drug-likeness (QED) is 0.235. The number of carbonyl (C=O) groups is 3. The number of urea groups is 1. The SMILES string of the molecule is CCOC(=O)CNC(=O)Nc1ccc(C2OC(CN3CCC4(CC3)C(=O)NCN4c3ccccc3)C(C)C(c3ccc(CO)cc3)O2)cc1. The highest BCUT2D eigenvalue weighted by atomic mass is 16.7. The molecular weight excluding hydrogens is 626 g/mol. The molecule has 12 heteroatoms. The van der Waals surface area contributed by atoms with E-state index < -0.39 is 23.8 Å². The number of carbonyl (C=O) groups excluding carboxylic acids is 3. The number of nitrogens with zero attached hydrogens (tertiary/aromatic N) is 2. The lowest BCUT2D eigenvalue weighted by Crippen LogP contribution is -2.57. The van der Waals surface area contributed by atoms with Gasteiger partial charge in [-0.3, -0.25) is 9.59 Å². The number of hydrogen-bond acceptors (Lipinski definition) is 9. The van der Waals surface area contributed by atoms with Gasteiger partial charge in [0, 0.05) is 42.5 Å². The Labute approximate surface area is 286 Å². The maximum absolute atomic E-state index is 13.2. The van der Waals surface area contributed by atoms with Gasteiger partial charge in [-0.05, 0) is 55.2 Å². The molecule has 3 saturated heterocycles. The molecule has 4 N–H and O–H groups in total. The topological polar surface area (TPSA) is 142 Å². The van der Waals surface area contributed by atoms with Gasteiger partial charge in [-0.2, -0.15) is 0 Å². The summed E-state index contributed by atoms with van der Waals surface area (Å²) >= 11 is 0. The van der Waals surface area contributed by atoms with Crippen LogP contribution in [0.2, 0.25) is 0 Å². The van der Waals surface area contributed by atoms with Crippen LogP contribution in [0.25, 0.3) is 0 Å². The lowest BCUT2D eigenvalue weighted by atomic mass is 9.84. The molecule has 4 atom stereocenters. The summed E-state index contributed by atoms with van der Waals surface area (Å²) in [7, 11) is 0. The summed E-state index contributed by atoms with van der Waals surface area (Å²) in [4.78, 5) is 41.7. The third-order valence-corrected chi connectivity index (χ3v) is 9.79. The van der Waals surface area contributed by atoms with E-state index in [9.17, 15) is 19.5 Å². The van der Waals surface area contributed by atoms with Crippen LogP contribution in [0.15, 0.2) is 78.9 Å². The van der Waals surface area contributed by atoms with Crippen molar-refractivity contribution in [3.63, 3.8) is 0 Å². The van der Waals surface area contributed by atoms with Crippen LogP contribution in [0.1, 0.15) is 55.8 Å². The first-order valence-corrected chi connectivity index (χ1v) is 16.9. The second-order valence-corrected chi connectivity index (χ2v) is 12.8. The molecule has 4 unspecified atom stereocenters. The van der Waals surface area contributed by atoms with Crippen LogP contribution in [-0.2, 0) is 30.4 Å². The highest BCUT2D eigenvalue weighted by Gasteiger charge is 2.51. The average molecular weight is 672 g/mol. The Bertz CT molecular complexity index is 1580. The van der Waals surface area contributed by atoms with Crippen molar-refractivity contribution >= 4 is 29.3 Å². The standard InChI is InChI=1S/C37H45N5O7/c1-3-47-32(44)21-38-36(46)40-29-15-13-28(14-16-29)34-48-31(25(2)33(49-34)27-11-9-26(23-43)10-12-27)22-41-19-17-37(18-20-41)35(45)39-24-42(37)30-7-5-4-6-8-30/h4-16,25,31,33-34,43H,3,17-24H2,1-2H3,(H,39,45)(H2,38,40,46). The minimum absolute atomic E-state index is 0.00624.